The molecule has 2 heterocycles. The summed E-state index contributed by atoms with van der Waals surface area (Å²) in [6, 6.07) is 12.9. The van der Waals surface area contributed by atoms with Gasteiger partial charge in [-0.1, -0.05) is 12.1 Å². The second-order valence-electron chi connectivity index (χ2n) is 6.47. The van der Waals surface area contributed by atoms with Gasteiger partial charge in [0, 0.05) is 23.5 Å². The molecule has 0 saturated heterocycles. The van der Waals surface area contributed by atoms with E-state index in [1.807, 2.05) is 50.2 Å². The van der Waals surface area contributed by atoms with E-state index in [2.05, 4.69) is 20.6 Å². The number of nitrogens with one attached hydrogen (secondary N) is 2. The summed E-state index contributed by atoms with van der Waals surface area (Å²) in [5, 5.41) is 6.07. The van der Waals surface area contributed by atoms with Crippen LogP contribution in [-0.4, -0.2) is 29.1 Å². The summed E-state index contributed by atoms with van der Waals surface area (Å²) in [6.07, 6.45) is 1.36. The third kappa shape index (κ3) is 3.73. The van der Waals surface area contributed by atoms with Crippen LogP contribution in [0.3, 0.4) is 0 Å². The highest BCUT2D eigenvalue weighted by Gasteiger charge is 2.14. The Morgan fingerprint density at radius 2 is 1.82 bits per heavy atom. The smallest absolute Gasteiger partial charge is 0.274 e. The summed E-state index contributed by atoms with van der Waals surface area (Å²) in [4.78, 5) is 20.9. The number of nitrogens with zero attached hydrogens (tertiary/aromatic N) is 2. The molecule has 1 amide bonds. The summed E-state index contributed by atoms with van der Waals surface area (Å²) in [6.45, 7) is 5.04. The molecule has 0 unspecified atom stereocenters. The Kier molecular flexibility index (Phi) is 4.80. The molecule has 7 nitrogen and oxygen atoms in total. The van der Waals surface area contributed by atoms with Gasteiger partial charge in [-0.25, -0.2) is 9.97 Å². The van der Waals surface area contributed by atoms with Crippen molar-refractivity contribution in [3.63, 3.8) is 0 Å². The van der Waals surface area contributed by atoms with Gasteiger partial charge in [-0.05, 0) is 43.2 Å². The first-order valence-electron chi connectivity index (χ1n) is 8.96. The summed E-state index contributed by atoms with van der Waals surface area (Å²) >= 11 is 0. The fourth-order valence-electron chi connectivity index (χ4n) is 2.89. The minimum absolute atomic E-state index is 0.274. The van der Waals surface area contributed by atoms with Crippen LogP contribution in [0.4, 0.5) is 17.2 Å². The van der Waals surface area contributed by atoms with Crippen LogP contribution in [0.5, 0.6) is 11.5 Å². The Balaban J connectivity index is 1.51. The van der Waals surface area contributed by atoms with Crippen LogP contribution in [-0.2, 0) is 0 Å². The molecule has 2 N–H and O–H groups in total. The van der Waals surface area contributed by atoms with Crippen molar-refractivity contribution in [3.05, 3.63) is 65.6 Å². The number of amides is 1. The molecular formula is C21H20N4O3. The zero-order valence-corrected chi connectivity index (χ0v) is 15.7. The summed E-state index contributed by atoms with van der Waals surface area (Å²) < 4.78 is 11.1. The molecule has 28 heavy (non-hydrogen) atoms. The van der Waals surface area contributed by atoms with Crippen molar-refractivity contribution >= 4 is 23.1 Å². The Hall–Kier alpha value is -3.61. The molecule has 1 aromatic heterocycles. The van der Waals surface area contributed by atoms with Crippen molar-refractivity contribution in [1.29, 1.82) is 0 Å². The first-order chi connectivity index (χ1) is 13.6. The molecule has 0 bridgehead atoms. The van der Waals surface area contributed by atoms with E-state index in [0.29, 0.717) is 30.5 Å². The molecule has 0 radical (unpaired) electrons. The number of hydrogen-bond acceptors (Lipinski definition) is 6. The van der Waals surface area contributed by atoms with Gasteiger partial charge in [0.2, 0.25) is 0 Å². The SMILES string of the molecule is Cc1cccc(NC(=O)c2cc(Nc3ccc4c(c3)OCCO4)ncn2)c1C. The van der Waals surface area contributed by atoms with Crippen LogP contribution in [0, 0.1) is 13.8 Å². The lowest BCUT2D eigenvalue weighted by Crippen LogP contribution is -2.16. The van der Waals surface area contributed by atoms with Gasteiger partial charge >= 0.3 is 0 Å². The highest BCUT2D eigenvalue weighted by molar-refractivity contribution is 6.03. The summed E-state index contributed by atoms with van der Waals surface area (Å²) in [7, 11) is 0. The van der Waals surface area contributed by atoms with Gasteiger partial charge in [0.1, 0.15) is 31.1 Å². The maximum absolute atomic E-state index is 12.6. The first-order valence-corrected chi connectivity index (χ1v) is 8.96. The third-order valence-electron chi connectivity index (χ3n) is 4.57. The van der Waals surface area contributed by atoms with Crippen LogP contribution >= 0.6 is 0 Å². The van der Waals surface area contributed by atoms with Gasteiger partial charge in [0.15, 0.2) is 11.5 Å². The molecule has 7 heteroatoms. The molecule has 1 aliphatic heterocycles. The molecule has 2 aromatic carbocycles. The summed E-state index contributed by atoms with van der Waals surface area (Å²) in [5.41, 5.74) is 3.96. The van der Waals surface area contributed by atoms with Crippen LogP contribution in [0.15, 0.2) is 48.8 Å². The maximum Gasteiger partial charge on any atom is 0.274 e. The van der Waals surface area contributed by atoms with Gasteiger partial charge in [0.25, 0.3) is 5.91 Å². The largest absolute Gasteiger partial charge is 0.486 e. The van der Waals surface area contributed by atoms with E-state index in [0.717, 1.165) is 22.5 Å². The molecule has 4 rings (SSSR count). The highest BCUT2D eigenvalue weighted by Crippen LogP contribution is 2.33. The van der Waals surface area contributed by atoms with Crippen molar-refractivity contribution < 1.29 is 14.3 Å². The van der Waals surface area contributed by atoms with Crippen molar-refractivity contribution in [2.24, 2.45) is 0 Å². The predicted molar refractivity (Wildman–Crippen MR) is 107 cm³/mol. The quantitative estimate of drug-likeness (QED) is 0.719. The Morgan fingerprint density at radius 1 is 1.00 bits per heavy atom. The number of benzene rings is 2. The standard InChI is InChI=1S/C21H20N4O3/c1-13-4-3-5-16(14(13)2)25-21(26)17-11-20(23-12-22-17)24-15-6-7-18-19(10-15)28-9-8-27-18/h3-7,10-12H,8-9H2,1-2H3,(H,25,26)(H,22,23,24). The van der Waals surface area contributed by atoms with E-state index in [1.165, 1.54) is 6.33 Å². The van der Waals surface area contributed by atoms with Crippen molar-refractivity contribution in [3.8, 4) is 11.5 Å². The molecule has 142 valence electrons. The Bertz CT molecular complexity index is 1040. The van der Waals surface area contributed by atoms with Crippen LogP contribution < -0.4 is 20.1 Å². The average Bonchev–Trinajstić information content (AvgIpc) is 2.71. The van der Waals surface area contributed by atoms with E-state index in [4.69, 9.17) is 9.47 Å². The number of carbonyl (C=O) groups excluding carboxylic acids is 1. The second kappa shape index (κ2) is 7.56. The van der Waals surface area contributed by atoms with E-state index >= 15 is 0 Å². The zero-order chi connectivity index (χ0) is 19.5. The molecule has 1 aliphatic rings. The molecule has 0 atom stereocenters. The van der Waals surface area contributed by atoms with Crippen molar-refractivity contribution in [1.82, 2.24) is 9.97 Å². The van der Waals surface area contributed by atoms with Gasteiger partial charge < -0.3 is 20.1 Å². The minimum atomic E-state index is -0.290. The lowest BCUT2D eigenvalue weighted by molar-refractivity contribution is 0.102. The lowest BCUT2D eigenvalue weighted by Gasteiger charge is -2.19. The van der Waals surface area contributed by atoms with E-state index in [9.17, 15) is 4.79 Å². The fourth-order valence-corrected chi connectivity index (χ4v) is 2.89. The number of carbonyl (C=O) groups is 1. The first kappa shape index (κ1) is 17.8. The number of hydrogen-bond donors (Lipinski definition) is 2. The number of anilines is 3. The average molecular weight is 376 g/mol. The van der Waals surface area contributed by atoms with Gasteiger partial charge in [0.05, 0.1) is 0 Å². The Morgan fingerprint density at radius 3 is 2.68 bits per heavy atom. The molecule has 0 saturated carbocycles. The van der Waals surface area contributed by atoms with Crippen LogP contribution in [0.25, 0.3) is 0 Å². The summed E-state index contributed by atoms with van der Waals surface area (Å²) in [5.74, 6) is 1.62. The van der Waals surface area contributed by atoms with Gasteiger partial charge in [-0.2, -0.15) is 0 Å². The van der Waals surface area contributed by atoms with Crippen molar-refractivity contribution in [2.75, 3.05) is 23.8 Å². The van der Waals surface area contributed by atoms with E-state index in [1.54, 1.807) is 6.07 Å². The van der Waals surface area contributed by atoms with E-state index < -0.39 is 0 Å². The predicted octanol–water partition coefficient (Wildman–Crippen LogP) is 3.86. The topological polar surface area (TPSA) is 85.4 Å². The normalized spacial score (nSPS) is 12.4. The van der Waals surface area contributed by atoms with Gasteiger partial charge in [-0.3, -0.25) is 4.79 Å². The lowest BCUT2D eigenvalue weighted by atomic mass is 10.1. The molecule has 0 fully saturated rings. The van der Waals surface area contributed by atoms with E-state index in [-0.39, 0.29) is 11.6 Å². The number of ether oxygens (including phenoxy) is 2. The number of rotatable bonds is 4. The maximum atomic E-state index is 12.6. The molecule has 0 aliphatic carbocycles. The Labute approximate surface area is 162 Å². The zero-order valence-electron chi connectivity index (χ0n) is 15.7. The minimum Gasteiger partial charge on any atom is -0.486 e. The van der Waals surface area contributed by atoms with Crippen LogP contribution in [0.2, 0.25) is 0 Å². The highest BCUT2D eigenvalue weighted by atomic mass is 16.6. The fraction of sp³-hybridized carbons (Fsp3) is 0.190. The second-order valence-corrected chi connectivity index (χ2v) is 6.47. The van der Waals surface area contributed by atoms with Gasteiger partial charge in [-0.15, -0.1) is 0 Å². The number of aromatic nitrogens is 2. The third-order valence-corrected chi connectivity index (χ3v) is 4.57. The van der Waals surface area contributed by atoms with Crippen LogP contribution in [0.1, 0.15) is 21.6 Å². The van der Waals surface area contributed by atoms with Crippen molar-refractivity contribution in [2.45, 2.75) is 13.8 Å². The molecule has 0 spiro atoms. The molecule has 3 aromatic rings. The monoisotopic (exact) mass is 376 g/mol. The number of aryl methyl sites for hydroxylation is 1. The molecular weight excluding hydrogens is 356 g/mol. The number of fused-ring (bicyclic) bond motifs is 1.